The van der Waals surface area contributed by atoms with Crippen LogP contribution in [0.5, 0.6) is 0 Å². The average molecular weight is 280 g/mol. The van der Waals surface area contributed by atoms with E-state index in [2.05, 4.69) is 5.32 Å². The molecule has 0 saturated carbocycles. The van der Waals surface area contributed by atoms with E-state index in [0.29, 0.717) is 6.54 Å². The molecular formula is C13H13FN2O4. The van der Waals surface area contributed by atoms with E-state index in [1.165, 1.54) is 25.1 Å². The number of ether oxygens (including phenoxy) is 1. The molecule has 1 saturated heterocycles. The van der Waals surface area contributed by atoms with Gasteiger partial charge in [0.05, 0.1) is 5.56 Å². The molecule has 0 aliphatic carbocycles. The standard InChI is InChI=1S/C13H13FN2O4/c1-8(11(17)16-6-5-15-13(16)19)20-12(18)9-3-2-4-10(14)7-9/h2-4,7-8H,5-6H2,1H3,(H,15,19). The van der Waals surface area contributed by atoms with Crippen molar-refractivity contribution in [3.8, 4) is 0 Å². The highest BCUT2D eigenvalue weighted by Gasteiger charge is 2.31. The Balaban J connectivity index is 2.00. The van der Waals surface area contributed by atoms with E-state index < -0.39 is 29.8 Å². The molecule has 6 nitrogen and oxygen atoms in total. The summed E-state index contributed by atoms with van der Waals surface area (Å²) >= 11 is 0. The van der Waals surface area contributed by atoms with Crippen molar-refractivity contribution in [3.05, 3.63) is 35.6 Å². The molecule has 1 aliphatic heterocycles. The molecule has 0 radical (unpaired) electrons. The van der Waals surface area contributed by atoms with Gasteiger partial charge in [-0.2, -0.15) is 0 Å². The molecule has 1 atom stereocenters. The molecule has 20 heavy (non-hydrogen) atoms. The van der Waals surface area contributed by atoms with Crippen LogP contribution in [0.15, 0.2) is 24.3 Å². The van der Waals surface area contributed by atoms with E-state index in [9.17, 15) is 18.8 Å². The van der Waals surface area contributed by atoms with Crippen molar-refractivity contribution in [2.45, 2.75) is 13.0 Å². The van der Waals surface area contributed by atoms with Gasteiger partial charge in [-0.3, -0.25) is 9.69 Å². The first kappa shape index (κ1) is 14.0. The van der Waals surface area contributed by atoms with Crippen molar-refractivity contribution in [2.75, 3.05) is 13.1 Å². The fourth-order valence-corrected chi connectivity index (χ4v) is 1.80. The Labute approximate surface area is 114 Å². The zero-order chi connectivity index (χ0) is 14.7. The molecule has 7 heteroatoms. The van der Waals surface area contributed by atoms with Crippen molar-refractivity contribution in [1.82, 2.24) is 10.2 Å². The van der Waals surface area contributed by atoms with E-state index in [0.717, 1.165) is 11.0 Å². The van der Waals surface area contributed by atoms with Gasteiger partial charge in [0.1, 0.15) is 5.82 Å². The lowest BCUT2D eigenvalue weighted by atomic mass is 10.2. The normalized spacial score (nSPS) is 15.7. The first-order valence-electron chi connectivity index (χ1n) is 6.05. The molecule has 0 bridgehead atoms. The van der Waals surface area contributed by atoms with Crippen LogP contribution in [-0.4, -0.2) is 42.0 Å². The van der Waals surface area contributed by atoms with E-state index in [1.54, 1.807) is 0 Å². The van der Waals surface area contributed by atoms with Gasteiger partial charge < -0.3 is 10.1 Å². The summed E-state index contributed by atoms with van der Waals surface area (Å²) in [4.78, 5) is 36.0. The number of nitrogens with one attached hydrogen (secondary N) is 1. The van der Waals surface area contributed by atoms with Gasteiger partial charge in [0, 0.05) is 13.1 Å². The molecule has 2 rings (SSSR count). The molecular weight excluding hydrogens is 267 g/mol. The number of esters is 1. The van der Waals surface area contributed by atoms with Gasteiger partial charge in [0.15, 0.2) is 6.10 Å². The summed E-state index contributed by atoms with van der Waals surface area (Å²) in [5, 5.41) is 2.47. The monoisotopic (exact) mass is 280 g/mol. The van der Waals surface area contributed by atoms with Gasteiger partial charge in [-0.15, -0.1) is 0 Å². The Morgan fingerprint density at radius 3 is 2.80 bits per heavy atom. The largest absolute Gasteiger partial charge is 0.449 e. The van der Waals surface area contributed by atoms with Crippen LogP contribution in [-0.2, 0) is 9.53 Å². The zero-order valence-electron chi connectivity index (χ0n) is 10.8. The number of rotatable bonds is 3. The third-order valence-electron chi connectivity index (χ3n) is 2.81. The molecule has 1 heterocycles. The quantitative estimate of drug-likeness (QED) is 0.835. The lowest BCUT2D eigenvalue weighted by Gasteiger charge is -2.18. The van der Waals surface area contributed by atoms with Gasteiger partial charge in [0.2, 0.25) is 0 Å². The van der Waals surface area contributed by atoms with Crippen LogP contribution in [0.3, 0.4) is 0 Å². The lowest BCUT2D eigenvalue weighted by Crippen LogP contribution is -2.41. The van der Waals surface area contributed by atoms with Gasteiger partial charge in [-0.25, -0.2) is 14.0 Å². The summed E-state index contributed by atoms with van der Waals surface area (Å²) in [5.41, 5.74) is 0.00974. The lowest BCUT2D eigenvalue weighted by molar-refractivity contribution is -0.136. The predicted molar refractivity (Wildman–Crippen MR) is 66.4 cm³/mol. The SMILES string of the molecule is CC(OC(=O)c1cccc(F)c1)C(=O)N1CCNC1=O. The first-order chi connectivity index (χ1) is 9.49. The third kappa shape index (κ3) is 2.93. The Kier molecular flexibility index (Phi) is 3.97. The molecule has 1 fully saturated rings. The molecule has 1 aromatic rings. The van der Waals surface area contributed by atoms with Gasteiger partial charge in [-0.05, 0) is 25.1 Å². The molecule has 1 unspecified atom stereocenters. The van der Waals surface area contributed by atoms with E-state index in [4.69, 9.17) is 4.74 Å². The number of amides is 3. The van der Waals surface area contributed by atoms with E-state index in [-0.39, 0.29) is 12.1 Å². The predicted octanol–water partition coefficient (Wildman–Crippen LogP) is 0.923. The number of hydrogen-bond acceptors (Lipinski definition) is 4. The average Bonchev–Trinajstić information content (AvgIpc) is 2.84. The molecule has 3 amide bonds. The fourth-order valence-electron chi connectivity index (χ4n) is 1.80. The number of halogens is 1. The summed E-state index contributed by atoms with van der Waals surface area (Å²) in [5.74, 6) is -1.99. The molecule has 1 N–H and O–H groups in total. The molecule has 1 aromatic carbocycles. The van der Waals surface area contributed by atoms with Crippen LogP contribution in [0.2, 0.25) is 0 Å². The molecule has 1 aliphatic rings. The topological polar surface area (TPSA) is 75.7 Å². The highest BCUT2D eigenvalue weighted by molar-refractivity contribution is 5.99. The zero-order valence-corrected chi connectivity index (χ0v) is 10.8. The van der Waals surface area contributed by atoms with Crippen molar-refractivity contribution < 1.29 is 23.5 Å². The number of hydrogen-bond donors (Lipinski definition) is 1. The Bertz CT molecular complexity index is 561. The van der Waals surface area contributed by atoms with Gasteiger partial charge in [-0.1, -0.05) is 6.07 Å². The number of urea groups is 1. The Morgan fingerprint density at radius 1 is 1.45 bits per heavy atom. The van der Waals surface area contributed by atoms with Crippen molar-refractivity contribution in [2.24, 2.45) is 0 Å². The second kappa shape index (κ2) is 5.68. The Hall–Kier alpha value is -2.44. The van der Waals surface area contributed by atoms with Crippen molar-refractivity contribution in [1.29, 1.82) is 0 Å². The third-order valence-corrected chi connectivity index (χ3v) is 2.81. The number of carbonyl (C=O) groups is 3. The minimum atomic E-state index is -1.12. The molecule has 0 spiro atoms. The molecule has 106 valence electrons. The van der Waals surface area contributed by atoms with Crippen LogP contribution < -0.4 is 5.32 Å². The first-order valence-corrected chi connectivity index (χ1v) is 6.05. The van der Waals surface area contributed by atoms with Crippen LogP contribution in [0.25, 0.3) is 0 Å². The van der Waals surface area contributed by atoms with Crippen molar-refractivity contribution >= 4 is 17.9 Å². The van der Waals surface area contributed by atoms with Crippen molar-refractivity contribution in [3.63, 3.8) is 0 Å². The summed E-state index contributed by atoms with van der Waals surface area (Å²) in [7, 11) is 0. The van der Waals surface area contributed by atoms with Crippen LogP contribution in [0.1, 0.15) is 17.3 Å². The van der Waals surface area contributed by atoms with Crippen LogP contribution in [0, 0.1) is 5.82 Å². The maximum absolute atomic E-state index is 13.0. The summed E-state index contributed by atoms with van der Waals surface area (Å²) < 4.78 is 17.9. The van der Waals surface area contributed by atoms with Crippen LogP contribution in [0.4, 0.5) is 9.18 Å². The number of imide groups is 1. The fraction of sp³-hybridized carbons (Fsp3) is 0.308. The number of benzene rings is 1. The molecule has 0 aromatic heterocycles. The van der Waals surface area contributed by atoms with Gasteiger partial charge >= 0.3 is 12.0 Å². The minimum absolute atomic E-state index is 0.00974. The second-order valence-corrected chi connectivity index (χ2v) is 4.28. The number of carbonyl (C=O) groups excluding carboxylic acids is 3. The second-order valence-electron chi connectivity index (χ2n) is 4.28. The van der Waals surface area contributed by atoms with E-state index >= 15 is 0 Å². The highest BCUT2D eigenvalue weighted by Crippen LogP contribution is 2.09. The maximum atomic E-state index is 13.0. The maximum Gasteiger partial charge on any atom is 0.339 e. The Morgan fingerprint density at radius 2 is 2.20 bits per heavy atom. The van der Waals surface area contributed by atoms with Crippen LogP contribution >= 0.6 is 0 Å². The summed E-state index contributed by atoms with van der Waals surface area (Å²) in [6.45, 7) is 1.97. The van der Waals surface area contributed by atoms with Gasteiger partial charge in [0.25, 0.3) is 5.91 Å². The summed E-state index contributed by atoms with van der Waals surface area (Å²) in [6, 6.07) is 4.45. The number of nitrogens with zero attached hydrogens (tertiary/aromatic N) is 1. The highest BCUT2D eigenvalue weighted by atomic mass is 19.1. The smallest absolute Gasteiger partial charge is 0.339 e. The summed E-state index contributed by atoms with van der Waals surface area (Å²) in [6.07, 6.45) is -1.12. The minimum Gasteiger partial charge on any atom is -0.449 e. The van der Waals surface area contributed by atoms with E-state index in [1.807, 2.05) is 0 Å².